The molecule has 0 aliphatic rings. The van der Waals surface area contributed by atoms with E-state index in [1.165, 1.54) is 23.1 Å². The summed E-state index contributed by atoms with van der Waals surface area (Å²) in [6.45, 7) is 6.69. The molecule has 0 saturated carbocycles. The van der Waals surface area contributed by atoms with Gasteiger partial charge < -0.3 is 25.4 Å². The first kappa shape index (κ1) is 34.9. The highest BCUT2D eigenvalue weighted by atomic mass is 32.2. The zero-order valence-corrected chi connectivity index (χ0v) is 28.9. The first-order valence-corrected chi connectivity index (χ1v) is 17.5. The molecule has 5 rings (SSSR count). The molecule has 0 aliphatic heterocycles. The maximum Gasteiger partial charge on any atom is 0.272 e. The van der Waals surface area contributed by atoms with Crippen LogP contribution in [0.15, 0.2) is 119 Å². The van der Waals surface area contributed by atoms with Crippen LogP contribution in [0.3, 0.4) is 0 Å². The van der Waals surface area contributed by atoms with E-state index in [1.54, 1.807) is 48.5 Å². The van der Waals surface area contributed by atoms with Crippen molar-refractivity contribution in [2.24, 2.45) is 0 Å². The van der Waals surface area contributed by atoms with Crippen molar-refractivity contribution in [1.82, 2.24) is 10.3 Å². The number of rotatable bonds is 14. The molecule has 0 spiro atoms. The van der Waals surface area contributed by atoms with E-state index in [9.17, 15) is 14.4 Å². The molecule has 1 unspecified atom stereocenters. The lowest BCUT2D eigenvalue weighted by Crippen LogP contribution is -2.30. The molecule has 0 fully saturated rings. The lowest BCUT2D eigenvalue weighted by Gasteiger charge is -2.14. The second-order valence-electron chi connectivity index (χ2n) is 10.6. The number of nitrogens with one attached hydrogen (secondary N) is 3. The van der Waals surface area contributed by atoms with Crippen LogP contribution in [-0.4, -0.2) is 41.2 Å². The third kappa shape index (κ3) is 9.82. The maximum atomic E-state index is 13.5. The lowest BCUT2D eigenvalue weighted by atomic mass is 10.1. The van der Waals surface area contributed by atoms with E-state index >= 15 is 0 Å². The van der Waals surface area contributed by atoms with Gasteiger partial charge in [0, 0.05) is 32.7 Å². The number of benzene rings is 4. The third-order valence-electron chi connectivity index (χ3n) is 7.04. The zero-order chi connectivity index (χ0) is 34.6. The fourth-order valence-corrected chi connectivity index (χ4v) is 6.21. The van der Waals surface area contributed by atoms with E-state index in [0.29, 0.717) is 40.9 Å². The van der Waals surface area contributed by atoms with Crippen molar-refractivity contribution in [3.63, 3.8) is 0 Å². The molecule has 0 aliphatic carbocycles. The average Bonchev–Trinajstić information content (AvgIpc) is 3.59. The standard InChI is InChI=1S/C38H36N4O5S2/c1-4-46-30-19-15-26(16-20-30)33-24-48-38(41-33)42-35(43)25(3)49-31-21-17-29(18-22-31)39-37(45)32(40-36(44)27-11-7-6-8-12-27)23-28-13-9-10-14-34(28)47-5-2/h6-25H,4-5H2,1-3H3,(H,39,45)(H,40,44)(H,41,42,43)/b32-23-. The Balaban J connectivity index is 1.22. The van der Waals surface area contributed by atoms with Crippen LogP contribution in [0.2, 0.25) is 0 Å². The topological polar surface area (TPSA) is 119 Å². The van der Waals surface area contributed by atoms with Crippen molar-refractivity contribution in [3.05, 3.63) is 125 Å². The first-order chi connectivity index (χ1) is 23.8. The minimum Gasteiger partial charge on any atom is -0.494 e. The highest BCUT2D eigenvalue weighted by Crippen LogP contribution is 2.29. The summed E-state index contributed by atoms with van der Waals surface area (Å²) in [4.78, 5) is 44.9. The summed E-state index contributed by atoms with van der Waals surface area (Å²) in [5, 5.41) is 10.5. The Kier molecular flexibility index (Phi) is 12.2. The van der Waals surface area contributed by atoms with Gasteiger partial charge in [0.25, 0.3) is 11.8 Å². The van der Waals surface area contributed by atoms with Gasteiger partial charge in [-0.2, -0.15) is 0 Å². The molecule has 250 valence electrons. The molecular weight excluding hydrogens is 657 g/mol. The van der Waals surface area contributed by atoms with Crippen molar-refractivity contribution in [3.8, 4) is 22.8 Å². The second kappa shape index (κ2) is 17.1. The Hall–Kier alpha value is -5.39. The minimum absolute atomic E-state index is 0.0534. The van der Waals surface area contributed by atoms with Gasteiger partial charge in [-0.15, -0.1) is 23.1 Å². The van der Waals surface area contributed by atoms with Gasteiger partial charge in [-0.25, -0.2) is 4.98 Å². The van der Waals surface area contributed by atoms with E-state index in [-0.39, 0.29) is 11.6 Å². The predicted molar refractivity (Wildman–Crippen MR) is 197 cm³/mol. The van der Waals surface area contributed by atoms with Crippen molar-refractivity contribution >= 4 is 57.7 Å². The van der Waals surface area contributed by atoms with Gasteiger partial charge in [-0.05, 0) is 93.6 Å². The Morgan fingerprint density at radius 1 is 0.837 bits per heavy atom. The van der Waals surface area contributed by atoms with E-state index in [0.717, 1.165) is 21.9 Å². The third-order valence-corrected chi connectivity index (χ3v) is 8.91. The quantitative estimate of drug-likeness (QED) is 0.0794. The lowest BCUT2D eigenvalue weighted by molar-refractivity contribution is -0.115. The molecule has 5 aromatic rings. The number of nitrogens with zero attached hydrogens (tertiary/aromatic N) is 1. The van der Waals surface area contributed by atoms with Crippen LogP contribution < -0.4 is 25.4 Å². The number of aromatic nitrogens is 1. The number of thioether (sulfide) groups is 1. The van der Waals surface area contributed by atoms with Crippen molar-refractivity contribution in [2.45, 2.75) is 30.9 Å². The summed E-state index contributed by atoms with van der Waals surface area (Å²) in [5.41, 5.74) is 3.35. The van der Waals surface area contributed by atoms with Crippen molar-refractivity contribution in [2.75, 3.05) is 23.8 Å². The number of anilines is 2. The van der Waals surface area contributed by atoms with Crippen LogP contribution in [-0.2, 0) is 9.59 Å². The van der Waals surface area contributed by atoms with Gasteiger partial charge in [0.15, 0.2) is 5.13 Å². The molecule has 0 bridgehead atoms. The second-order valence-corrected chi connectivity index (χ2v) is 12.8. The molecule has 4 aromatic carbocycles. The van der Waals surface area contributed by atoms with Crippen LogP contribution >= 0.6 is 23.1 Å². The van der Waals surface area contributed by atoms with Crippen LogP contribution in [0.25, 0.3) is 17.3 Å². The molecule has 0 radical (unpaired) electrons. The largest absolute Gasteiger partial charge is 0.494 e. The Labute approximate surface area is 293 Å². The molecule has 3 amide bonds. The molecule has 9 nitrogen and oxygen atoms in total. The summed E-state index contributed by atoms with van der Waals surface area (Å²) < 4.78 is 11.2. The summed E-state index contributed by atoms with van der Waals surface area (Å²) >= 11 is 2.75. The van der Waals surface area contributed by atoms with Gasteiger partial charge in [-0.1, -0.05) is 36.4 Å². The van der Waals surface area contributed by atoms with E-state index in [2.05, 4.69) is 20.9 Å². The van der Waals surface area contributed by atoms with Gasteiger partial charge in [0.1, 0.15) is 17.2 Å². The molecule has 1 heterocycles. The Morgan fingerprint density at radius 3 is 2.24 bits per heavy atom. The normalized spacial score (nSPS) is 11.7. The summed E-state index contributed by atoms with van der Waals surface area (Å²) in [6, 6.07) is 30.8. The number of hydrogen-bond acceptors (Lipinski definition) is 8. The number of hydrogen-bond donors (Lipinski definition) is 3. The predicted octanol–water partition coefficient (Wildman–Crippen LogP) is 8.14. The van der Waals surface area contributed by atoms with Gasteiger partial charge in [-0.3, -0.25) is 14.4 Å². The number of carbonyl (C=O) groups is 3. The molecule has 11 heteroatoms. The summed E-state index contributed by atoms with van der Waals surface area (Å²) in [5.74, 6) is 0.291. The number of carbonyl (C=O) groups excluding carboxylic acids is 3. The summed E-state index contributed by atoms with van der Waals surface area (Å²) in [6.07, 6.45) is 1.59. The van der Waals surface area contributed by atoms with Crippen LogP contribution in [0.4, 0.5) is 10.8 Å². The smallest absolute Gasteiger partial charge is 0.272 e. The van der Waals surface area contributed by atoms with Crippen LogP contribution in [0, 0.1) is 0 Å². The Bertz CT molecular complexity index is 1910. The molecule has 49 heavy (non-hydrogen) atoms. The van der Waals surface area contributed by atoms with Crippen molar-refractivity contribution < 1.29 is 23.9 Å². The summed E-state index contributed by atoms with van der Waals surface area (Å²) in [7, 11) is 0. The minimum atomic E-state index is -0.503. The zero-order valence-electron chi connectivity index (χ0n) is 27.3. The van der Waals surface area contributed by atoms with E-state index < -0.39 is 17.1 Å². The molecule has 3 N–H and O–H groups in total. The molecule has 1 atom stereocenters. The highest BCUT2D eigenvalue weighted by Gasteiger charge is 2.18. The van der Waals surface area contributed by atoms with Crippen LogP contribution in [0.1, 0.15) is 36.7 Å². The average molecular weight is 693 g/mol. The van der Waals surface area contributed by atoms with E-state index in [4.69, 9.17) is 9.47 Å². The first-order valence-electron chi connectivity index (χ1n) is 15.7. The fraction of sp³-hybridized carbons (Fsp3) is 0.158. The SMILES string of the molecule is CCOc1ccc(-c2csc(NC(=O)C(C)Sc3ccc(NC(=O)/C(=C/c4ccccc4OCC)NC(=O)c4ccccc4)cc3)n2)cc1. The Morgan fingerprint density at radius 2 is 1.53 bits per heavy atom. The molecular formula is C38H36N4O5S2. The van der Waals surface area contributed by atoms with Gasteiger partial charge in [0.05, 0.1) is 24.2 Å². The van der Waals surface area contributed by atoms with Gasteiger partial charge in [0.2, 0.25) is 5.91 Å². The van der Waals surface area contributed by atoms with E-state index in [1.807, 2.05) is 86.8 Å². The van der Waals surface area contributed by atoms with Crippen LogP contribution in [0.5, 0.6) is 11.5 Å². The fourth-order valence-electron chi connectivity index (χ4n) is 4.62. The van der Waals surface area contributed by atoms with Crippen molar-refractivity contribution in [1.29, 1.82) is 0 Å². The number of para-hydroxylation sites is 1. The highest BCUT2D eigenvalue weighted by molar-refractivity contribution is 8.00. The molecule has 1 aromatic heterocycles. The molecule has 0 saturated heterocycles. The maximum absolute atomic E-state index is 13.5. The van der Waals surface area contributed by atoms with Gasteiger partial charge >= 0.3 is 0 Å². The number of ether oxygens (including phenoxy) is 2. The number of thiazole rings is 1. The number of amides is 3. The monoisotopic (exact) mass is 692 g/mol.